The Morgan fingerprint density at radius 1 is 1.06 bits per heavy atom. The Balaban J connectivity index is 0. The van der Waals surface area contributed by atoms with Gasteiger partial charge in [-0.05, 0) is 13.4 Å². The van der Waals surface area contributed by atoms with Crippen LogP contribution in [0.3, 0.4) is 0 Å². The molecule has 0 aliphatic carbocycles. The van der Waals surface area contributed by atoms with E-state index in [4.69, 9.17) is 20.1 Å². The van der Waals surface area contributed by atoms with Gasteiger partial charge in [-0.3, -0.25) is 0 Å². The van der Waals surface area contributed by atoms with E-state index in [1.165, 1.54) is 0 Å². The molecule has 1 aliphatic rings. The molecule has 8 heteroatoms. The molecule has 17 heavy (non-hydrogen) atoms. The van der Waals surface area contributed by atoms with Crippen LogP contribution >= 0.6 is 7.92 Å². The van der Waals surface area contributed by atoms with Crippen molar-refractivity contribution in [3.63, 3.8) is 0 Å². The number of aliphatic hydroxyl groups is 4. The van der Waals surface area contributed by atoms with Gasteiger partial charge in [0, 0.05) is 42.4 Å². The van der Waals surface area contributed by atoms with Crippen molar-refractivity contribution in [1.29, 1.82) is 0 Å². The minimum absolute atomic E-state index is 0. The Hall–Kier alpha value is 1.32. The van der Waals surface area contributed by atoms with Gasteiger partial charge in [-0.15, -0.1) is 0 Å². The monoisotopic (exact) mass is 469 g/mol. The molecule has 0 bridgehead atoms. The SMILES string of the molecule is C[PH+](C)C.OCC1O[C@@H]([S-])C(O)[C@@H](O)[C@H]1O.[Au]. The van der Waals surface area contributed by atoms with Gasteiger partial charge < -0.3 is 37.8 Å². The van der Waals surface area contributed by atoms with Crippen molar-refractivity contribution >= 4 is 20.6 Å². The van der Waals surface area contributed by atoms with E-state index in [0.29, 0.717) is 0 Å². The molecule has 0 aromatic heterocycles. The molecule has 1 heterocycles. The molecule has 4 N–H and O–H groups in total. The van der Waals surface area contributed by atoms with E-state index >= 15 is 0 Å². The molecule has 0 saturated carbocycles. The van der Waals surface area contributed by atoms with Gasteiger partial charge in [0.1, 0.15) is 18.3 Å². The first-order chi connectivity index (χ1) is 7.31. The maximum Gasteiger partial charge on any atom is 0.111 e. The maximum atomic E-state index is 9.18. The molecule has 5 nitrogen and oxygen atoms in total. The molecule has 109 valence electrons. The van der Waals surface area contributed by atoms with Crippen LogP contribution in [-0.4, -0.2) is 76.9 Å². The van der Waals surface area contributed by atoms with Gasteiger partial charge in [0.05, 0.1) is 12.7 Å². The number of hydrogen-bond acceptors (Lipinski definition) is 6. The molecule has 1 saturated heterocycles. The van der Waals surface area contributed by atoms with Gasteiger partial charge in [0.15, 0.2) is 0 Å². The molecule has 0 amide bonds. The fourth-order valence-electron chi connectivity index (χ4n) is 1.07. The Labute approximate surface area is 124 Å². The Morgan fingerprint density at radius 3 is 1.82 bits per heavy atom. The van der Waals surface area contributed by atoms with Crippen LogP contribution in [0.2, 0.25) is 0 Å². The van der Waals surface area contributed by atoms with Crippen molar-refractivity contribution in [1.82, 2.24) is 0 Å². The fraction of sp³-hybridized carbons (Fsp3) is 1.00. The minimum Gasteiger partial charge on any atom is -0.759 e. The summed E-state index contributed by atoms with van der Waals surface area (Å²) in [7, 11) is 0.120. The minimum atomic E-state index is -1.35. The topological polar surface area (TPSA) is 90.2 Å². The van der Waals surface area contributed by atoms with Crippen LogP contribution in [0.25, 0.3) is 0 Å². The smallest absolute Gasteiger partial charge is 0.111 e. The van der Waals surface area contributed by atoms with Crippen molar-refractivity contribution in [2.75, 3.05) is 26.6 Å². The second-order valence-corrected chi connectivity index (χ2v) is 7.66. The summed E-state index contributed by atoms with van der Waals surface area (Å²) in [5, 5.41) is 36.1. The molecule has 5 atom stereocenters. The largest absolute Gasteiger partial charge is 0.759 e. The molecule has 0 spiro atoms. The van der Waals surface area contributed by atoms with E-state index in [1.807, 2.05) is 0 Å². The predicted molar refractivity (Wildman–Crippen MR) is 67.2 cm³/mol. The maximum absolute atomic E-state index is 9.18. The molecule has 1 aliphatic heterocycles. The Kier molecular flexibility index (Phi) is 12.3. The Bertz CT molecular complexity index is 193. The molecule has 1 radical (unpaired) electrons. The summed E-state index contributed by atoms with van der Waals surface area (Å²) >= 11 is 4.63. The first-order valence-electron chi connectivity index (χ1n) is 5.04. The van der Waals surface area contributed by atoms with Crippen LogP contribution in [-0.2, 0) is 39.7 Å². The van der Waals surface area contributed by atoms with Crippen LogP contribution in [0.5, 0.6) is 0 Å². The first-order valence-corrected chi connectivity index (χ1v) is 8.51. The van der Waals surface area contributed by atoms with Crippen LogP contribution in [0.1, 0.15) is 0 Å². The molecular formula is C9H21AuO5PS. The van der Waals surface area contributed by atoms with E-state index in [0.717, 1.165) is 0 Å². The van der Waals surface area contributed by atoms with Crippen molar-refractivity contribution < 1.29 is 47.5 Å². The normalized spacial score (nSPS) is 36.9. The number of hydrogen-bond donors (Lipinski definition) is 4. The molecule has 1 rings (SSSR count). The average molecular weight is 469 g/mol. The molecule has 0 aromatic carbocycles. The van der Waals surface area contributed by atoms with Gasteiger partial charge in [-0.2, -0.15) is 0 Å². The van der Waals surface area contributed by atoms with E-state index in [2.05, 4.69) is 32.6 Å². The molecule has 0 aromatic rings. The number of rotatable bonds is 1. The third-order valence-electron chi connectivity index (χ3n) is 1.85. The van der Waals surface area contributed by atoms with E-state index in [9.17, 15) is 5.11 Å². The summed E-state index contributed by atoms with van der Waals surface area (Å²) in [5.41, 5.74) is -0.986. The zero-order valence-corrected chi connectivity index (χ0v) is 14.0. The standard InChI is InChI=1S/C6H12O5S.C3H9P.Au/c7-1-2-3(8)4(9)5(10)6(12)11-2;1-4(2)3;/h2-10,12H,1H2;1-3H3;/t2?,3-,4-,5?,6-;;/m0../s1. The number of aliphatic hydroxyl groups excluding tert-OH is 4. The van der Waals surface area contributed by atoms with Gasteiger partial charge >= 0.3 is 0 Å². The van der Waals surface area contributed by atoms with E-state index in [1.54, 1.807) is 0 Å². The van der Waals surface area contributed by atoms with E-state index < -0.39 is 36.5 Å². The van der Waals surface area contributed by atoms with Crippen LogP contribution in [0, 0.1) is 0 Å². The Morgan fingerprint density at radius 2 is 1.47 bits per heavy atom. The van der Waals surface area contributed by atoms with Crippen molar-refractivity contribution in [2.45, 2.75) is 29.9 Å². The first kappa shape index (κ1) is 20.6. The molecule has 1 fully saturated rings. The van der Waals surface area contributed by atoms with Crippen LogP contribution < -0.4 is 0 Å². The van der Waals surface area contributed by atoms with Crippen LogP contribution in [0.15, 0.2) is 0 Å². The molecular weight excluding hydrogens is 448 g/mol. The third kappa shape index (κ3) is 7.48. The van der Waals surface area contributed by atoms with Crippen molar-refractivity contribution in [2.24, 2.45) is 0 Å². The summed E-state index contributed by atoms with van der Waals surface area (Å²) in [4.78, 5) is 0. The van der Waals surface area contributed by atoms with Crippen molar-refractivity contribution in [3.8, 4) is 0 Å². The van der Waals surface area contributed by atoms with E-state index in [-0.39, 0.29) is 30.3 Å². The van der Waals surface area contributed by atoms with Gasteiger partial charge in [-0.25, -0.2) is 0 Å². The summed E-state index contributed by atoms with van der Waals surface area (Å²) in [6.45, 7) is 6.37. The predicted octanol–water partition coefficient (Wildman–Crippen LogP) is -1.58. The summed E-state index contributed by atoms with van der Waals surface area (Å²) in [6.07, 6.45) is -4.83. The second-order valence-electron chi connectivity index (χ2n) is 4.20. The van der Waals surface area contributed by atoms with Gasteiger partial charge in [0.2, 0.25) is 0 Å². The number of ether oxygens (including phenoxy) is 1. The zero-order chi connectivity index (χ0) is 12.9. The average Bonchev–Trinajstić information content (AvgIpc) is 2.19. The quantitative estimate of drug-likeness (QED) is 0.211. The van der Waals surface area contributed by atoms with Gasteiger partial charge in [-0.1, -0.05) is 0 Å². The second kappa shape index (κ2) is 10.1. The van der Waals surface area contributed by atoms with Crippen molar-refractivity contribution in [3.05, 3.63) is 0 Å². The van der Waals surface area contributed by atoms with Crippen LogP contribution in [0.4, 0.5) is 0 Å². The third-order valence-corrected chi connectivity index (χ3v) is 2.24. The summed E-state index contributed by atoms with van der Waals surface area (Å²) in [5.74, 6) is 0. The summed E-state index contributed by atoms with van der Waals surface area (Å²) < 4.78 is 4.84. The summed E-state index contributed by atoms with van der Waals surface area (Å²) in [6, 6.07) is 0. The molecule has 2 unspecified atom stereocenters. The zero-order valence-electron chi connectivity index (χ0n) is 10.0. The van der Waals surface area contributed by atoms with Gasteiger partial charge in [0.25, 0.3) is 0 Å². The fourth-order valence-corrected chi connectivity index (χ4v) is 1.37.